The molecule has 0 radical (unpaired) electrons. The van der Waals surface area contributed by atoms with Gasteiger partial charge in [0.05, 0.1) is 16.7 Å². The first kappa shape index (κ1) is 18.5. The van der Waals surface area contributed by atoms with Gasteiger partial charge in [-0.3, -0.25) is 14.5 Å². The van der Waals surface area contributed by atoms with Crippen LogP contribution in [0.15, 0.2) is 40.9 Å². The third kappa shape index (κ3) is 3.27. The molecule has 0 atom stereocenters. The van der Waals surface area contributed by atoms with E-state index in [1.54, 1.807) is 19.1 Å². The van der Waals surface area contributed by atoms with Crippen LogP contribution in [0.1, 0.15) is 42.5 Å². The number of carbonyl (C=O) groups excluding carboxylic acids is 3. The topological polar surface area (TPSA) is 103 Å². The first-order valence-electron chi connectivity index (χ1n) is 8.58. The molecule has 8 nitrogen and oxygen atoms in total. The molecule has 0 saturated carbocycles. The van der Waals surface area contributed by atoms with E-state index >= 15 is 0 Å². The van der Waals surface area contributed by atoms with Crippen LogP contribution < -0.4 is 0 Å². The molecule has 146 valence electrons. The van der Waals surface area contributed by atoms with Crippen molar-refractivity contribution < 1.29 is 28.0 Å². The van der Waals surface area contributed by atoms with Crippen molar-refractivity contribution in [3.8, 4) is 11.4 Å². The normalized spacial score (nSPS) is 13.0. The summed E-state index contributed by atoms with van der Waals surface area (Å²) in [5.74, 6) is -1.82. The molecule has 9 heteroatoms. The Labute approximate surface area is 163 Å². The van der Waals surface area contributed by atoms with E-state index in [1.165, 1.54) is 31.3 Å². The van der Waals surface area contributed by atoms with Crippen molar-refractivity contribution in [1.29, 1.82) is 0 Å². The second-order valence-corrected chi connectivity index (χ2v) is 6.48. The summed E-state index contributed by atoms with van der Waals surface area (Å²) in [6.45, 7) is 1.34. The molecule has 0 aliphatic carbocycles. The minimum atomic E-state index is -0.719. The number of ether oxygens (including phenoxy) is 1. The van der Waals surface area contributed by atoms with Crippen molar-refractivity contribution in [2.24, 2.45) is 0 Å². The van der Waals surface area contributed by atoms with E-state index in [4.69, 9.17) is 9.26 Å². The van der Waals surface area contributed by atoms with Crippen LogP contribution in [0.2, 0.25) is 0 Å². The maximum atomic E-state index is 13.7. The van der Waals surface area contributed by atoms with Crippen molar-refractivity contribution in [2.75, 3.05) is 7.05 Å². The number of aryl methyl sites for hydroxylation is 1. The largest absolute Gasteiger partial charge is 0.452 e. The van der Waals surface area contributed by atoms with Gasteiger partial charge in [0, 0.05) is 12.6 Å². The molecule has 0 fully saturated rings. The fraction of sp³-hybridized carbons (Fsp3) is 0.150. The Morgan fingerprint density at radius 1 is 1.14 bits per heavy atom. The lowest BCUT2D eigenvalue weighted by molar-refractivity contribution is 0.0429. The fourth-order valence-corrected chi connectivity index (χ4v) is 2.86. The number of aromatic nitrogens is 2. The molecule has 0 N–H and O–H groups in total. The number of nitrogens with zero attached hydrogens (tertiary/aromatic N) is 3. The zero-order valence-electron chi connectivity index (χ0n) is 15.4. The first-order chi connectivity index (χ1) is 13.8. The van der Waals surface area contributed by atoms with E-state index in [-0.39, 0.29) is 35.0 Å². The van der Waals surface area contributed by atoms with Crippen LogP contribution in [0.25, 0.3) is 11.4 Å². The minimum Gasteiger partial charge on any atom is -0.452 e. The van der Waals surface area contributed by atoms with Gasteiger partial charge in [0.25, 0.3) is 17.7 Å². The Bertz CT molecular complexity index is 1170. The quantitative estimate of drug-likeness (QED) is 0.494. The van der Waals surface area contributed by atoms with Gasteiger partial charge in [-0.05, 0) is 36.8 Å². The number of rotatable bonds is 4. The average Bonchev–Trinajstić information content (AvgIpc) is 3.28. The van der Waals surface area contributed by atoms with Crippen LogP contribution >= 0.6 is 0 Å². The Morgan fingerprint density at radius 2 is 1.90 bits per heavy atom. The lowest BCUT2D eigenvalue weighted by Crippen LogP contribution is -2.24. The standard InChI is InChI=1S/C20H14FN3O5/c1-10-3-4-11(8-15(10)21)17-22-16(29-23-17)9-28-20(27)12-5-6-13-14(7-12)19(26)24(2)18(13)25/h3-8H,9H2,1-2H3. The van der Waals surface area contributed by atoms with Gasteiger partial charge in [0.1, 0.15) is 5.82 Å². The summed E-state index contributed by atoms with van der Waals surface area (Å²) in [6, 6.07) is 8.66. The van der Waals surface area contributed by atoms with Crippen molar-refractivity contribution in [3.05, 3.63) is 70.4 Å². The third-order valence-electron chi connectivity index (χ3n) is 4.55. The van der Waals surface area contributed by atoms with Crippen LogP contribution in [-0.2, 0) is 11.3 Å². The molecule has 2 aromatic carbocycles. The smallest absolute Gasteiger partial charge is 0.338 e. The van der Waals surface area contributed by atoms with E-state index in [1.807, 2.05) is 0 Å². The van der Waals surface area contributed by atoms with E-state index in [2.05, 4.69) is 10.1 Å². The van der Waals surface area contributed by atoms with Crippen molar-refractivity contribution in [1.82, 2.24) is 15.0 Å². The van der Waals surface area contributed by atoms with E-state index in [0.717, 1.165) is 4.90 Å². The molecule has 2 heterocycles. The monoisotopic (exact) mass is 395 g/mol. The lowest BCUT2D eigenvalue weighted by atomic mass is 10.1. The molecule has 1 aromatic heterocycles. The number of hydrogen-bond donors (Lipinski definition) is 0. The molecule has 0 saturated heterocycles. The highest BCUT2D eigenvalue weighted by Crippen LogP contribution is 2.23. The Balaban J connectivity index is 1.46. The molecule has 0 unspecified atom stereocenters. The van der Waals surface area contributed by atoms with Gasteiger partial charge in [0.15, 0.2) is 6.61 Å². The van der Waals surface area contributed by atoms with Crippen LogP contribution in [0.4, 0.5) is 4.39 Å². The highest BCUT2D eigenvalue weighted by molar-refractivity contribution is 6.21. The number of hydrogen-bond acceptors (Lipinski definition) is 7. The van der Waals surface area contributed by atoms with E-state index in [9.17, 15) is 18.8 Å². The maximum absolute atomic E-state index is 13.7. The highest BCUT2D eigenvalue weighted by atomic mass is 19.1. The summed E-state index contributed by atoms with van der Waals surface area (Å²) in [6.07, 6.45) is 0. The summed E-state index contributed by atoms with van der Waals surface area (Å²) in [5.41, 5.74) is 1.42. The molecule has 1 aliphatic rings. The summed E-state index contributed by atoms with van der Waals surface area (Å²) in [5, 5.41) is 3.75. The molecule has 4 rings (SSSR count). The van der Waals surface area contributed by atoms with Crippen molar-refractivity contribution >= 4 is 17.8 Å². The van der Waals surface area contributed by atoms with Gasteiger partial charge in [-0.15, -0.1) is 0 Å². The number of carbonyl (C=O) groups is 3. The molecule has 3 aromatic rings. The first-order valence-corrected chi connectivity index (χ1v) is 8.58. The minimum absolute atomic E-state index is 0.0291. The zero-order chi connectivity index (χ0) is 20.7. The molecule has 0 spiro atoms. The number of amides is 2. The molecule has 2 amide bonds. The molecular formula is C20H14FN3O5. The number of imide groups is 1. The second kappa shape index (κ2) is 6.93. The fourth-order valence-electron chi connectivity index (χ4n) is 2.86. The number of halogens is 1. The molecule has 0 bridgehead atoms. The number of fused-ring (bicyclic) bond motifs is 1. The van der Waals surface area contributed by atoms with Gasteiger partial charge in [-0.1, -0.05) is 17.3 Å². The maximum Gasteiger partial charge on any atom is 0.338 e. The van der Waals surface area contributed by atoms with Gasteiger partial charge in [-0.2, -0.15) is 4.98 Å². The van der Waals surface area contributed by atoms with E-state index < -0.39 is 23.6 Å². The van der Waals surface area contributed by atoms with Crippen molar-refractivity contribution in [3.63, 3.8) is 0 Å². The Hall–Kier alpha value is -3.88. The average molecular weight is 395 g/mol. The second-order valence-electron chi connectivity index (χ2n) is 6.48. The van der Waals surface area contributed by atoms with Gasteiger partial charge in [0.2, 0.25) is 5.82 Å². The van der Waals surface area contributed by atoms with E-state index in [0.29, 0.717) is 11.1 Å². The summed E-state index contributed by atoms with van der Waals surface area (Å²) < 4.78 is 23.8. The number of benzene rings is 2. The summed E-state index contributed by atoms with van der Waals surface area (Å²) >= 11 is 0. The third-order valence-corrected chi connectivity index (χ3v) is 4.55. The van der Waals surface area contributed by atoms with Crippen LogP contribution in [0.3, 0.4) is 0 Å². The van der Waals surface area contributed by atoms with Crippen molar-refractivity contribution in [2.45, 2.75) is 13.5 Å². The van der Waals surface area contributed by atoms with Gasteiger partial charge >= 0.3 is 5.97 Å². The Kier molecular flexibility index (Phi) is 4.42. The zero-order valence-corrected chi connectivity index (χ0v) is 15.4. The molecule has 29 heavy (non-hydrogen) atoms. The van der Waals surface area contributed by atoms with Gasteiger partial charge in [-0.25, -0.2) is 9.18 Å². The highest BCUT2D eigenvalue weighted by Gasteiger charge is 2.33. The predicted octanol–water partition coefficient (Wildman–Crippen LogP) is 2.77. The van der Waals surface area contributed by atoms with Crippen LogP contribution in [-0.4, -0.2) is 39.9 Å². The van der Waals surface area contributed by atoms with Gasteiger partial charge < -0.3 is 9.26 Å². The summed E-state index contributed by atoms with van der Waals surface area (Å²) in [4.78, 5) is 41.3. The molecule has 1 aliphatic heterocycles. The number of esters is 1. The SMILES string of the molecule is Cc1ccc(-c2noc(COC(=O)c3ccc4c(c3)C(=O)N(C)C4=O)n2)cc1F. The van der Waals surface area contributed by atoms with Crippen LogP contribution in [0.5, 0.6) is 0 Å². The molecular weight excluding hydrogens is 381 g/mol. The van der Waals surface area contributed by atoms with Crippen LogP contribution in [0, 0.1) is 12.7 Å². The summed E-state index contributed by atoms with van der Waals surface area (Å²) in [7, 11) is 1.37. The predicted molar refractivity (Wildman–Crippen MR) is 96.4 cm³/mol. The Morgan fingerprint density at radius 3 is 2.66 bits per heavy atom. The lowest BCUT2D eigenvalue weighted by Gasteiger charge is -2.03.